The second kappa shape index (κ2) is 7.72. The largest absolute Gasteiger partial charge is 0.341 e. The summed E-state index contributed by atoms with van der Waals surface area (Å²) in [5.74, 6) is 0.684. The lowest BCUT2D eigenvalue weighted by atomic mass is 10.1. The van der Waals surface area contributed by atoms with Crippen LogP contribution in [0.4, 0.5) is 5.95 Å². The number of piperidine rings is 1. The second-order valence-electron chi connectivity index (χ2n) is 6.95. The van der Waals surface area contributed by atoms with E-state index in [4.69, 9.17) is 0 Å². The summed E-state index contributed by atoms with van der Waals surface area (Å²) < 4.78 is 28.2. The average molecular weight is 375 g/mol. The number of benzene rings is 1. The third-order valence-corrected chi connectivity index (χ3v) is 6.36. The fraction of sp³-hybridized carbons (Fsp3) is 0.474. The fourth-order valence-electron chi connectivity index (χ4n) is 3.56. The van der Waals surface area contributed by atoms with Gasteiger partial charge in [-0.1, -0.05) is 17.7 Å². The molecule has 1 aliphatic heterocycles. The topological polar surface area (TPSA) is 75.2 Å². The molecule has 7 heteroatoms. The molecule has 2 heterocycles. The molecular weight excluding hydrogens is 348 g/mol. The van der Waals surface area contributed by atoms with Crippen molar-refractivity contribution in [2.24, 2.45) is 0 Å². The number of aryl methyl sites for hydroxylation is 3. The van der Waals surface area contributed by atoms with E-state index in [1.807, 2.05) is 32.9 Å². The summed E-state index contributed by atoms with van der Waals surface area (Å²) in [6.45, 7) is 7.68. The fourth-order valence-corrected chi connectivity index (χ4v) is 5.01. The van der Waals surface area contributed by atoms with E-state index in [0.29, 0.717) is 16.5 Å². The van der Waals surface area contributed by atoms with Crippen LogP contribution in [-0.2, 0) is 16.6 Å². The van der Waals surface area contributed by atoms with Gasteiger partial charge in [-0.15, -0.1) is 0 Å². The average Bonchev–Trinajstić information content (AvgIpc) is 2.60. The molecule has 0 unspecified atom stereocenters. The summed E-state index contributed by atoms with van der Waals surface area (Å²) in [4.78, 5) is 11.4. The summed E-state index contributed by atoms with van der Waals surface area (Å²) in [7, 11) is -3.60. The number of rotatable bonds is 5. The van der Waals surface area contributed by atoms with Crippen molar-refractivity contribution in [1.82, 2.24) is 14.7 Å². The Bertz CT molecular complexity index is 867. The molecule has 140 valence electrons. The third kappa shape index (κ3) is 4.22. The smallest absolute Gasteiger partial charge is 0.241 e. The zero-order valence-corrected chi connectivity index (χ0v) is 16.4. The van der Waals surface area contributed by atoms with Crippen LogP contribution in [0.5, 0.6) is 0 Å². The summed E-state index contributed by atoms with van der Waals surface area (Å²) >= 11 is 0. The van der Waals surface area contributed by atoms with Crippen molar-refractivity contribution in [2.45, 2.75) is 51.5 Å². The molecule has 2 aromatic rings. The van der Waals surface area contributed by atoms with Crippen LogP contribution in [0.2, 0.25) is 0 Å². The summed E-state index contributed by atoms with van der Waals surface area (Å²) in [6.07, 6.45) is 5.23. The first-order chi connectivity index (χ1) is 12.4. The molecule has 1 saturated heterocycles. The van der Waals surface area contributed by atoms with Gasteiger partial charge in [-0.3, -0.25) is 0 Å². The lowest BCUT2D eigenvalue weighted by Crippen LogP contribution is -2.31. The maximum Gasteiger partial charge on any atom is 0.241 e. The first-order valence-corrected chi connectivity index (χ1v) is 10.5. The lowest BCUT2D eigenvalue weighted by Gasteiger charge is -2.26. The molecule has 1 N–H and O–H groups in total. The van der Waals surface area contributed by atoms with E-state index in [0.717, 1.165) is 42.6 Å². The molecule has 1 aromatic carbocycles. The number of nitrogens with one attached hydrogen (secondary N) is 1. The van der Waals surface area contributed by atoms with Crippen molar-refractivity contribution in [1.29, 1.82) is 0 Å². The van der Waals surface area contributed by atoms with E-state index in [1.165, 1.54) is 6.42 Å². The highest BCUT2D eigenvalue weighted by Crippen LogP contribution is 2.22. The van der Waals surface area contributed by atoms with Crippen molar-refractivity contribution in [2.75, 3.05) is 18.0 Å². The Morgan fingerprint density at radius 3 is 2.38 bits per heavy atom. The van der Waals surface area contributed by atoms with Gasteiger partial charge >= 0.3 is 0 Å². The normalized spacial score (nSPS) is 15.3. The summed E-state index contributed by atoms with van der Waals surface area (Å²) in [5.41, 5.74) is 3.24. The predicted molar refractivity (Wildman–Crippen MR) is 103 cm³/mol. The van der Waals surface area contributed by atoms with Gasteiger partial charge in [0.1, 0.15) is 0 Å². The highest BCUT2D eigenvalue weighted by atomic mass is 32.2. The van der Waals surface area contributed by atoms with Gasteiger partial charge < -0.3 is 4.90 Å². The van der Waals surface area contributed by atoms with E-state index in [9.17, 15) is 8.42 Å². The lowest BCUT2D eigenvalue weighted by molar-refractivity contribution is 0.565. The minimum Gasteiger partial charge on any atom is -0.341 e. The number of aromatic nitrogens is 2. The number of sulfonamides is 1. The van der Waals surface area contributed by atoms with Crippen molar-refractivity contribution in [3.63, 3.8) is 0 Å². The van der Waals surface area contributed by atoms with Crippen molar-refractivity contribution < 1.29 is 8.42 Å². The summed E-state index contributed by atoms with van der Waals surface area (Å²) in [5, 5.41) is 0. The molecule has 1 aliphatic rings. The summed E-state index contributed by atoms with van der Waals surface area (Å²) in [6, 6.07) is 5.53. The maximum atomic E-state index is 12.8. The highest BCUT2D eigenvalue weighted by Gasteiger charge is 2.20. The second-order valence-corrected chi connectivity index (χ2v) is 8.65. The Kier molecular flexibility index (Phi) is 5.58. The van der Waals surface area contributed by atoms with Crippen molar-refractivity contribution in [3.8, 4) is 0 Å². The van der Waals surface area contributed by atoms with Gasteiger partial charge in [0.05, 0.1) is 17.1 Å². The first-order valence-electron chi connectivity index (χ1n) is 9.01. The molecule has 6 nitrogen and oxygen atoms in total. The molecule has 0 saturated carbocycles. The Balaban J connectivity index is 1.76. The van der Waals surface area contributed by atoms with Crippen LogP contribution < -0.4 is 9.62 Å². The number of nitrogens with zero attached hydrogens (tertiary/aromatic N) is 3. The zero-order chi connectivity index (χ0) is 18.7. The van der Waals surface area contributed by atoms with Gasteiger partial charge in [0.15, 0.2) is 0 Å². The minimum absolute atomic E-state index is 0.151. The number of anilines is 1. The van der Waals surface area contributed by atoms with Gasteiger partial charge in [-0.2, -0.15) is 0 Å². The van der Waals surface area contributed by atoms with Crippen LogP contribution in [0, 0.1) is 20.8 Å². The van der Waals surface area contributed by atoms with Gasteiger partial charge in [0, 0.05) is 19.3 Å². The molecule has 26 heavy (non-hydrogen) atoms. The van der Waals surface area contributed by atoms with E-state index in [-0.39, 0.29) is 6.54 Å². The predicted octanol–water partition coefficient (Wildman–Crippen LogP) is 2.87. The number of hydrogen-bond donors (Lipinski definition) is 1. The van der Waals surface area contributed by atoms with E-state index >= 15 is 0 Å². The van der Waals surface area contributed by atoms with Gasteiger partial charge in [-0.05, 0) is 57.2 Å². The molecule has 0 amide bonds. The number of hydrogen-bond acceptors (Lipinski definition) is 5. The zero-order valence-electron chi connectivity index (χ0n) is 15.6. The van der Waals surface area contributed by atoms with Crippen molar-refractivity contribution >= 4 is 16.0 Å². The van der Waals surface area contributed by atoms with E-state index in [2.05, 4.69) is 19.6 Å². The monoisotopic (exact) mass is 374 g/mol. The molecule has 0 radical (unpaired) electrons. The Morgan fingerprint density at radius 2 is 1.73 bits per heavy atom. The molecule has 1 aromatic heterocycles. The molecular formula is C19H26N4O2S. The van der Waals surface area contributed by atoms with Crippen LogP contribution in [0.3, 0.4) is 0 Å². The van der Waals surface area contributed by atoms with E-state index in [1.54, 1.807) is 12.3 Å². The van der Waals surface area contributed by atoms with Gasteiger partial charge in [0.2, 0.25) is 16.0 Å². The standard InChI is InChI=1S/C19H26N4O2S/c1-14-11-15(2)18(16(3)12-14)26(24,25)21-13-17-7-8-20-19(22-17)23-9-5-4-6-10-23/h7-8,11-12,21H,4-6,9-10,13H2,1-3H3. The molecule has 3 rings (SSSR count). The van der Waals surface area contributed by atoms with Crippen LogP contribution in [0.25, 0.3) is 0 Å². The minimum atomic E-state index is -3.60. The van der Waals surface area contributed by atoms with Crippen LogP contribution in [-0.4, -0.2) is 31.5 Å². The molecule has 0 spiro atoms. The first kappa shape index (κ1) is 18.8. The highest BCUT2D eigenvalue weighted by molar-refractivity contribution is 7.89. The van der Waals surface area contributed by atoms with Gasteiger partial charge in [0.25, 0.3) is 0 Å². The third-order valence-electron chi connectivity index (χ3n) is 4.66. The molecule has 0 aliphatic carbocycles. The van der Waals surface area contributed by atoms with Crippen molar-refractivity contribution in [3.05, 3.63) is 46.8 Å². The maximum absolute atomic E-state index is 12.8. The van der Waals surface area contributed by atoms with Crippen LogP contribution >= 0.6 is 0 Å². The van der Waals surface area contributed by atoms with Crippen LogP contribution in [0.15, 0.2) is 29.3 Å². The Morgan fingerprint density at radius 1 is 1.08 bits per heavy atom. The Labute approximate surface area is 155 Å². The quantitative estimate of drug-likeness (QED) is 0.871. The van der Waals surface area contributed by atoms with E-state index < -0.39 is 10.0 Å². The molecule has 1 fully saturated rings. The van der Waals surface area contributed by atoms with Crippen LogP contribution in [0.1, 0.15) is 41.6 Å². The molecule has 0 atom stereocenters. The SMILES string of the molecule is Cc1cc(C)c(S(=O)(=O)NCc2ccnc(N3CCCCC3)n2)c(C)c1. The Hall–Kier alpha value is -1.99. The van der Waals surface area contributed by atoms with Gasteiger partial charge in [-0.25, -0.2) is 23.1 Å². The molecule has 0 bridgehead atoms.